The Bertz CT molecular complexity index is 2150. The van der Waals surface area contributed by atoms with Crippen LogP contribution in [0.25, 0.3) is 38.2 Å². The van der Waals surface area contributed by atoms with E-state index in [0.29, 0.717) is 11.0 Å². The molecule has 6 heteroatoms. The summed E-state index contributed by atoms with van der Waals surface area (Å²) >= 11 is 0. The third-order valence-corrected chi connectivity index (χ3v) is 8.02. The number of para-hydroxylation sites is 3. The van der Waals surface area contributed by atoms with Gasteiger partial charge in [-0.3, -0.25) is 14.2 Å². The van der Waals surface area contributed by atoms with Crippen molar-refractivity contribution in [3.05, 3.63) is 131 Å². The highest BCUT2D eigenvalue weighted by atomic mass is 16.5. The van der Waals surface area contributed by atoms with Gasteiger partial charge in [-0.25, -0.2) is 4.98 Å². The Morgan fingerprint density at radius 3 is 2.38 bits per heavy atom. The molecule has 0 aliphatic carbocycles. The minimum Gasteiger partial charge on any atom is -0.497 e. The van der Waals surface area contributed by atoms with Crippen LogP contribution in [0.1, 0.15) is 23.6 Å². The van der Waals surface area contributed by atoms with Gasteiger partial charge in [-0.05, 0) is 53.4 Å². The molecule has 3 heterocycles. The first-order valence-corrected chi connectivity index (χ1v) is 13.4. The number of fused-ring (bicyclic) bond motifs is 4. The lowest BCUT2D eigenvalue weighted by atomic mass is 9.92. The van der Waals surface area contributed by atoms with Gasteiger partial charge in [0.25, 0.3) is 5.56 Å². The molecule has 7 aromatic rings. The maximum absolute atomic E-state index is 13.8. The van der Waals surface area contributed by atoms with Crippen LogP contribution in [0.15, 0.2) is 119 Å². The smallest absolute Gasteiger partial charge is 0.264 e. The highest BCUT2D eigenvalue weighted by Gasteiger charge is 2.31. The zero-order chi connectivity index (χ0) is 26.8. The molecule has 192 valence electrons. The summed E-state index contributed by atoms with van der Waals surface area (Å²) < 4.78 is 7.14. The van der Waals surface area contributed by atoms with Crippen LogP contribution < -0.4 is 15.3 Å². The zero-order valence-corrected chi connectivity index (χ0v) is 21.8. The predicted molar refractivity (Wildman–Crippen MR) is 161 cm³/mol. The number of aromatic nitrogens is 2. The van der Waals surface area contributed by atoms with E-state index in [2.05, 4.69) is 53.5 Å². The van der Waals surface area contributed by atoms with Gasteiger partial charge >= 0.3 is 0 Å². The minimum atomic E-state index is -0.0469. The molecule has 5 aromatic carbocycles. The van der Waals surface area contributed by atoms with E-state index in [1.807, 2.05) is 60.7 Å². The van der Waals surface area contributed by atoms with Crippen molar-refractivity contribution < 1.29 is 4.74 Å². The molecular weight excluding hydrogens is 496 g/mol. The molecule has 40 heavy (non-hydrogen) atoms. The van der Waals surface area contributed by atoms with Crippen LogP contribution in [0.5, 0.6) is 5.75 Å². The van der Waals surface area contributed by atoms with Crippen LogP contribution in [0.4, 0.5) is 5.69 Å². The lowest BCUT2D eigenvalue weighted by molar-refractivity contribution is 0.414. The van der Waals surface area contributed by atoms with Crippen molar-refractivity contribution in [3.63, 3.8) is 0 Å². The number of hydrogen-bond acceptors (Lipinski definition) is 5. The first-order chi connectivity index (χ1) is 19.7. The number of rotatable bonds is 4. The Morgan fingerprint density at radius 1 is 0.775 bits per heavy atom. The molecule has 0 saturated carbocycles. The van der Waals surface area contributed by atoms with Gasteiger partial charge in [0.15, 0.2) is 0 Å². The van der Waals surface area contributed by atoms with E-state index in [4.69, 9.17) is 14.8 Å². The molecule has 0 radical (unpaired) electrons. The Labute approximate surface area is 229 Å². The first kappa shape index (κ1) is 22.7. The van der Waals surface area contributed by atoms with E-state index in [1.54, 1.807) is 11.5 Å². The van der Waals surface area contributed by atoms with Crippen LogP contribution in [-0.4, -0.2) is 22.2 Å². The molecule has 1 aliphatic heterocycles. The lowest BCUT2D eigenvalue weighted by Crippen LogP contribution is -2.18. The number of benzene rings is 5. The second-order valence-electron chi connectivity index (χ2n) is 10.2. The quantitative estimate of drug-likeness (QED) is 0.252. The summed E-state index contributed by atoms with van der Waals surface area (Å²) in [7, 11) is 1.68. The number of hydrogen-bond donors (Lipinski definition) is 0. The van der Waals surface area contributed by atoms with E-state index in [9.17, 15) is 4.79 Å². The fourth-order valence-electron chi connectivity index (χ4n) is 6.13. The van der Waals surface area contributed by atoms with Gasteiger partial charge < -0.3 is 4.74 Å². The van der Waals surface area contributed by atoms with Crippen LogP contribution in [0, 0.1) is 0 Å². The summed E-state index contributed by atoms with van der Waals surface area (Å²) in [5.41, 5.74) is 6.51. The lowest BCUT2D eigenvalue weighted by Gasteiger charge is -2.24. The number of nitrogens with zero attached hydrogens (tertiary/aromatic N) is 4. The Kier molecular flexibility index (Phi) is 4.91. The molecule has 0 bridgehead atoms. The Balaban J connectivity index is 1.34. The molecule has 0 saturated heterocycles. The van der Waals surface area contributed by atoms with Crippen molar-refractivity contribution in [2.45, 2.75) is 12.5 Å². The van der Waals surface area contributed by atoms with Gasteiger partial charge in [0.2, 0.25) is 0 Å². The molecule has 8 rings (SSSR count). The Hall–Kier alpha value is -5.23. The second-order valence-corrected chi connectivity index (χ2v) is 10.2. The summed E-state index contributed by atoms with van der Waals surface area (Å²) in [5, 5.41) is 10.9. The molecule has 0 N–H and O–H groups in total. The van der Waals surface area contributed by atoms with E-state index in [1.165, 1.54) is 0 Å². The summed E-state index contributed by atoms with van der Waals surface area (Å²) in [6.45, 7) is 0. The maximum atomic E-state index is 13.8. The highest BCUT2D eigenvalue weighted by molar-refractivity contribution is 6.22. The fourth-order valence-corrected chi connectivity index (χ4v) is 6.13. The average Bonchev–Trinajstić information content (AvgIpc) is 3.63. The van der Waals surface area contributed by atoms with Gasteiger partial charge in [0.1, 0.15) is 11.4 Å². The number of pyridine rings is 1. The van der Waals surface area contributed by atoms with Crippen LogP contribution in [0.2, 0.25) is 0 Å². The number of ether oxygens (including phenoxy) is 1. The fraction of sp³-hybridized carbons (Fsp3) is 0.0882. The molecule has 1 aliphatic rings. The molecule has 0 spiro atoms. The SMILES string of the molecule is COc1ccc([C@H]2CC(c3ccc4c(=O)n5c6ccccc6nc5c5cccc3c45)=NN2c2ccccc2)cc1. The monoisotopic (exact) mass is 520 g/mol. The molecule has 2 aromatic heterocycles. The van der Waals surface area contributed by atoms with E-state index < -0.39 is 0 Å². The summed E-state index contributed by atoms with van der Waals surface area (Å²) in [6, 6.07) is 36.5. The van der Waals surface area contributed by atoms with Crippen molar-refractivity contribution >= 4 is 49.6 Å². The van der Waals surface area contributed by atoms with Gasteiger partial charge in [-0.15, -0.1) is 0 Å². The number of hydrazone groups is 1. The van der Waals surface area contributed by atoms with Gasteiger partial charge in [0.05, 0.1) is 35.6 Å². The van der Waals surface area contributed by atoms with E-state index >= 15 is 0 Å². The van der Waals surface area contributed by atoms with E-state index in [-0.39, 0.29) is 11.6 Å². The summed E-state index contributed by atoms with van der Waals surface area (Å²) in [4.78, 5) is 18.7. The topological polar surface area (TPSA) is 59.2 Å². The van der Waals surface area contributed by atoms with Crippen molar-refractivity contribution in [2.75, 3.05) is 12.1 Å². The Morgan fingerprint density at radius 2 is 1.55 bits per heavy atom. The van der Waals surface area contributed by atoms with Gasteiger partial charge in [-0.1, -0.05) is 66.7 Å². The van der Waals surface area contributed by atoms with Gasteiger partial charge in [-0.2, -0.15) is 5.10 Å². The summed E-state index contributed by atoms with van der Waals surface area (Å²) in [6.07, 6.45) is 0.729. The third kappa shape index (κ3) is 3.26. The highest BCUT2D eigenvalue weighted by Crippen LogP contribution is 2.39. The number of imidazole rings is 1. The largest absolute Gasteiger partial charge is 0.497 e. The second kappa shape index (κ2) is 8.64. The standard InChI is InChI=1S/C34H24N4O2/c1-40-23-16-14-21(15-17-23)31-20-29(36-38(31)22-8-3-2-4-9-22)24-18-19-27-32-25(24)10-7-11-26(32)33-35-28-12-5-6-13-30(28)37(33)34(27)39/h2-19,31H,20H2,1H3/t31-/m1/s1. The molecular formula is C34H24N4O2. The molecule has 0 amide bonds. The first-order valence-electron chi connectivity index (χ1n) is 13.4. The molecule has 0 fully saturated rings. The van der Waals surface area contributed by atoms with Crippen molar-refractivity contribution in [3.8, 4) is 5.75 Å². The summed E-state index contributed by atoms with van der Waals surface area (Å²) in [5.74, 6) is 0.827. The van der Waals surface area contributed by atoms with Crippen molar-refractivity contribution in [2.24, 2.45) is 5.10 Å². The number of anilines is 1. The maximum Gasteiger partial charge on any atom is 0.264 e. The number of methoxy groups -OCH3 is 1. The van der Waals surface area contributed by atoms with E-state index in [0.717, 1.165) is 61.9 Å². The normalized spacial score (nSPS) is 15.5. The van der Waals surface area contributed by atoms with Crippen molar-refractivity contribution in [1.82, 2.24) is 9.38 Å². The van der Waals surface area contributed by atoms with Crippen LogP contribution in [0.3, 0.4) is 0 Å². The van der Waals surface area contributed by atoms with Crippen LogP contribution in [-0.2, 0) is 0 Å². The molecule has 6 nitrogen and oxygen atoms in total. The molecule has 1 atom stereocenters. The minimum absolute atomic E-state index is 0.0277. The van der Waals surface area contributed by atoms with Crippen molar-refractivity contribution in [1.29, 1.82) is 0 Å². The van der Waals surface area contributed by atoms with Gasteiger partial charge in [0, 0.05) is 28.1 Å². The zero-order valence-electron chi connectivity index (χ0n) is 21.8. The third-order valence-electron chi connectivity index (χ3n) is 8.02. The predicted octanol–water partition coefficient (Wildman–Crippen LogP) is 6.96. The van der Waals surface area contributed by atoms with Crippen LogP contribution >= 0.6 is 0 Å². The average molecular weight is 521 g/mol. The molecule has 0 unspecified atom stereocenters.